The van der Waals surface area contributed by atoms with Gasteiger partial charge in [0, 0.05) is 15.2 Å². The zero-order chi connectivity index (χ0) is 14.7. The summed E-state index contributed by atoms with van der Waals surface area (Å²) in [4.78, 5) is 23.5. The number of rotatable bonds is 3. The van der Waals surface area contributed by atoms with Crippen LogP contribution < -0.4 is 5.32 Å². The zero-order valence-electron chi connectivity index (χ0n) is 10.5. The van der Waals surface area contributed by atoms with Gasteiger partial charge in [-0.15, -0.1) is 0 Å². The molecule has 0 radical (unpaired) electrons. The Labute approximate surface area is 129 Å². The molecule has 0 spiro atoms. The lowest BCUT2D eigenvalue weighted by atomic mass is 9.82. The molecule has 0 fully saturated rings. The van der Waals surface area contributed by atoms with Crippen LogP contribution in [0.25, 0.3) is 0 Å². The molecular formula is C14H13BrClNO3. The van der Waals surface area contributed by atoms with E-state index in [9.17, 15) is 14.7 Å². The predicted octanol–water partition coefficient (Wildman–Crippen LogP) is 3.62. The molecule has 1 amide bonds. The molecule has 0 saturated heterocycles. The zero-order valence-corrected chi connectivity index (χ0v) is 12.8. The molecule has 0 saturated carbocycles. The Balaban J connectivity index is 2.12. The maximum absolute atomic E-state index is 12.2. The minimum Gasteiger partial charge on any atom is -0.481 e. The Morgan fingerprint density at radius 1 is 1.25 bits per heavy atom. The molecule has 2 atom stereocenters. The average Bonchev–Trinajstić information content (AvgIpc) is 2.41. The maximum atomic E-state index is 12.2. The molecule has 20 heavy (non-hydrogen) atoms. The van der Waals surface area contributed by atoms with Crippen molar-refractivity contribution in [2.24, 2.45) is 11.8 Å². The van der Waals surface area contributed by atoms with Crippen molar-refractivity contribution >= 4 is 45.1 Å². The molecular weight excluding hydrogens is 346 g/mol. The number of halogens is 2. The number of hydrogen-bond acceptors (Lipinski definition) is 2. The highest BCUT2D eigenvalue weighted by Gasteiger charge is 2.36. The van der Waals surface area contributed by atoms with Crippen molar-refractivity contribution in [3.8, 4) is 0 Å². The summed E-state index contributed by atoms with van der Waals surface area (Å²) in [6.07, 6.45) is 2.22. The summed E-state index contributed by atoms with van der Waals surface area (Å²) in [5.74, 6) is -2.66. The first kappa shape index (κ1) is 15.1. The first-order chi connectivity index (χ1) is 9.47. The molecule has 106 valence electrons. The number of nitrogens with one attached hydrogen (secondary N) is 1. The first-order valence-electron chi connectivity index (χ1n) is 6.11. The normalized spacial score (nSPS) is 22.0. The minimum absolute atomic E-state index is 0.265. The number of carbonyl (C=O) groups excluding carboxylic acids is 1. The molecule has 0 aromatic heterocycles. The van der Waals surface area contributed by atoms with Gasteiger partial charge in [0.25, 0.3) is 0 Å². The standard InChI is InChI=1S/C14H13BrClNO3/c15-8-1-4-10(5-2-8)17-13(18)12-7-9(16)3-6-11(12)14(19)20/h1-5,11-12H,6-7H2,(H,17,18)(H,19,20)/t11-,12-/m1/s1. The topological polar surface area (TPSA) is 66.4 Å². The molecule has 2 rings (SSSR count). The van der Waals surface area contributed by atoms with Gasteiger partial charge in [-0.05, 0) is 37.1 Å². The van der Waals surface area contributed by atoms with E-state index >= 15 is 0 Å². The van der Waals surface area contributed by atoms with E-state index in [2.05, 4.69) is 21.2 Å². The van der Waals surface area contributed by atoms with E-state index in [1.54, 1.807) is 30.3 Å². The molecule has 4 nitrogen and oxygen atoms in total. The average molecular weight is 359 g/mol. The lowest BCUT2D eigenvalue weighted by Gasteiger charge is -2.25. The summed E-state index contributed by atoms with van der Waals surface area (Å²) in [5.41, 5.74) is 0.632. The number of amides is 1. The Bertz CT molecular complexity index is 556. The van der Waals surface area contributed by atoms with Crippen molar-refractivity contribution < 1.29 is 14.7 Å². The van der Waals surface area contributed by atoms with E-state index in [0.29, 0.717) is 10.7 Å². The van der Waals surface area contributed by atoms with Crippen LogP contribution in [0.15, 0.2) is 39.8 Å². The molecule has 1 aromatic carbocycles. The van der Waals surface area contributed by atoms with Gasteiger partial charge < -0.3 is 10.4 Å². The van der Waals surface area contributed by atoms with Gasteiger partial charge in [0.15, 0.2) is 0 Å². The number of carboxylic acids is 1. The van der Waals surface area contributed by atoms with Crippen LogP contribution in [0.3, 0.4) is 0 Å². The molecule has 0 bridgehead atoms. The molecule has 0 aliphatic heterocycles. The second-order valence-corrected chi connectivity index (χ2v) is 6.04. The smallest absolute Gasteiger partial charge is 0.307 e. The van der Waals surface area contributed by atoms with Crippen LogP contribution in [0.2, 0.25) is 0 Å². The molecule has 6 heteroatoms. The van der Waals surface area contributed by atoms with Gasteiger partial charge in [0.05, 0.1) is 11.8 Å². The van der Waals surface area contributed by atoms with E-state index in [0.717, 1.165) is 4.47 Å². The van der Waals surface area contributed by atoms with Gasteiger partial charge in [-0.2, -0.15) is 0 Å². The number of carboxylic acid groups (broad SMARTS) is 1. The number of aliphatic carboxylic acids is 1. The van der Waals surface area contributed by atoms with Gasteiger partial charge >= 0.3 is 5.97 Å². The third-order valence-electron chi connectivity index (χ3n) is 3.26. The van der Waals surface area contributed by atoms with Crippen molar-refractivity contribution in [2.75, 3.05) is 5.32 Å². The van der Waals surface area contributed by atoms with E-state index in [1.807, 2.05) is 0 Å². The fourth-order valence-corrected chi connectivity index (χ4v) is 2.69. The van der Waals surface area contributed by atoms with Crippen molar-refractivity contribution in [3.05, 3.63) is 39.8 Å². The Morgan fingerprint density at radius 3 is 2.50 bits per heavy atom. The van der Waals surface area contributed by atoms with Crippen LogP contribution in [0.1, 0.15) is 12.8 Å². The first-order valence-corrected chi connectivity index (χ1v) is 7.28. The van der Waals surface area contributed by atoms with Crippen LogP contribution in [-0.2, 0) is 9.59 Å². The Hall–Kier alpha value is -1.33. The van der Waals surface area contributed by atoms with Gasteiger partial charge in [-0.1, -0.05) is 33.6 Å². The third-order valence-corrected chi connectivity index (χ3v) is 4.10. The third kappa shape index (κ3) is 3.61. The fraction of sp³-hybridized carbons (Fsp3) is 0.286. The summed E-state index contributed by atoms with van der Waals surface area (Å²) in [7, 11) is 0. The van der Waals surface area contributed by atoms with E-state index in [1.165, 1.54) is 0 Å². The maximum Gasteiger partial charge on any atom is 0.307 e. The number of hydrogen-bond donors (Lipinski definition) is 2. The van der Waals surface area contributed by atoms with Crippen molar-refractivity contribution in [2.45, 2.75) is 12.8 Å². The monoisotopic (exact) mass is 357 g/mol. The highest BCUT2D eigenvalue weighted by Crippen LogP contribution is 2.32. The van der Waals surface area contributed by atoms with Crippen LogP contribution >= 0.6 is 27.5 Å². The van der Waals surface area contributed by atoms with Gasteiger partial charge in [-0.25, -0.2) is 0 Å². The predicted molar refractivity (Wildman–Crippen MR) is 80.6 cm³/mol. The van der Waals surface area contributed by atoms with Gasteiger partial charge in [-0.3, -0.25) is 9.59 Å². The van der Waals surface area contributed by atoms with Crippen LogP contribution in [0, 0.1) is 11.8 Å². The lowest BCUT2D eigenvalue weighted by Crippen LogP contribution is -2.35. The van der Waals surface area contributed by atoms with Gasteiger partial charge in [0.2, 0.25) is 5.91 Å². The number of benzene rings is 1. The summed E-state index contributed by atoms with van der Waals surface area (Å²) in [5, 5.41) is 12.5. The minimum atomic E-state index is -0.971. The molecule has 0 unspecified atom stereocenters. The van der Waals surface area contributed by atoms with Crippen LogP contribution in [0.5, 0.6) is 0 Å². The quantitative estimate of drug-likeness (QED) is 0.867. The summed E-state index contributed by atoms with van der Waals surface area (Å²) >= 11 is 9.24. The summed E-state index contributed by atoms with van der Waals surface area (Å²) in [6.45, 7) is 0. The number of carbonyl (C=O) groups is 2. The molecule has 0 heterocycles. The SMILES string of the molecule is O=C(O)[C@@H]1CC=C(Cl)C[C@H]1C(=O)Nc1ccc(Br)cc1. The largest absolute Gasteiger partial charge is 0.481 e. The second-order valence-electron chi connectivity index (χ2n) is 4.64. The van der Waals surface area contributed by atoms with Crippen LogP contribution in [-0.4, -0.2) is 17.0 Å². The summed E-state index contributed by atoms with van der Waals surface area (Å²) in [6, 6.07) is 7.10. The molecule has 1 aliphatic carbocycles. The molecule has 1 aliphatic rings. The van der Waals surface area contributed by atoms with Crippen molar-refractivity contribution in [1.82, 2.24) is 0 Å². The fourth-order valence-electron chi connectivity index (χ4n) is 2.17. The highest BCUT2D eigenvalue weighted by molar-refractivity contribution is 9.10. The van der Waals surface area contributed by atoms with E-state index in [4.69, 9.17) is 11.6 Å². The molecule has 1 aromatic rings. The molecule has 2 N–H and O–H groups in total. The van der Waals surface area contributed by atoms with Crippen LogP contribution in [0.4, 0.5) is 5.69 Å². The highest BCUT2D eigenvalue weighted by atomic mass is 79.9. The van der Waals surface area contributed by atoms with E-state index < -0.39 is 17.8 Å². The van der Waals surface area contributed by atoms with E-state index in [-0.39, 0.29) is 18.7 Å². The lowest BCUT2D eigenvalue weighted by molar-refractivity contribution is -0.146. The number of anilines is 1. The summed E-state index contributed by atoms with van der Waals surface area (Å²) < 4.78 is 0.905. The number of allylic oxidation sites excluding steroid dienone is 2. The second kappa shape index (κ2) is 6.41. The Kier molecular flexibility index (Phi) is 4.83. The van der Waals surface area contributed by atoms with Crippen molar-refractivity contribution in [3.63, 3.8) is 0 Å². The van der Waals surface area contributed by atoms with Gasteiger partial charge in [0.1, 0.15) is 0 Å². The Morgan fingerprint density at radius 2 is 1.90 bits per heavy atom. The van der Waals surface area contributed by atoms with Crippen molar-refractivity contribution in [1.29, 1.82) is 0 Å².